The molecule has 0 unspecified atom stereocenters. The zero-order chi connectivity index (χ0) is 4.50. The van der Waals surface area contributed by atoms with Crippen LogP contribution >= 0.6 is 0 Å². The molecule has 0 spiro atoms. The second kappa shape index (κ2) is 49.6. The molecule has 0 aliphatic rings. The van der Waals surface area contributed by atoms with Crippen LogP contribution in [0.3, 0.4) is 0 Å². The predicted molar refractivity (Wildman–Crippen MR) is 41.1 cm³/mol. The van der Waals surface area contributed by atoms with E-state index < -0.39 is 10.4 Å². The normalized spacial score (nSPS) is 4.14. The first kappa shape index (κ1) is 128. The minimum atomic E-state index is -4.67. The molecular formula is H16CoNNiO10S-. The van der Waals surface area contributed by atoms with Crippen LogP contribution in [0, 0.1) is 0 Å². The molecule has 1 radical (unpaired) electrons. The van der Waals surface area contributed by atoms with Gasteiger partial charge in [-0.3, -0.25) is 9.11 Å². The molecule has 0 aromatic heterocycles. The van der Waals surface area contributed by atoms with E-state index in [9.17, 15) is 0 Å². The maximum Gasteiger partial charge on any atom is 0.394 e. The quantitative estimate of drug-likeness (QED) is 0.323. The molecule has 107 valence electrons. The maximum atomic E-state index is 8.74. The molecule has 0 fully saturated rings. The molecule has 11 nitrogen and oxygen atoms in total. The third-order valence-corrected chi connectivity index (χ3v) is 0. The largest absolute Gasteiger partial charge is 0.693 e. The first-order chi connectivity index (χ1) is 2.00. The molecule has 0 aromatic rings. The molecule has 0 rings (SSSR count). The fraction of sp³-hybridized carbons (Fsp3) is 0. The van der Waals surface area contributed by atoms with Gasteiger partial charge in [0.15, 0.2) is 0 Å². The molecule has 14 heavy (non-hydrogen) atoms. The molecule has 14 heteroatoms. The summed E-state index contributed by atoms with van der Waals surface area (Å²) in [6.07, 6.45) is 0. The van der Waals surface area contributed by atoms with Crippen LogP contribution in [0.5, 0.6) is 0 Å². The Bertz CT molecular complexity index is 103. The van der Waals surface area contributed by atoms with Crippen molar-refractivity contribution in [1.82, 2.24) is 0 Å². The molecule has 0 aliphatic carbocycles. The van der Waals surface area contributed by atoms with Crippen molar-refractivity contribution in [2.45, 2.75) is 0 Å². The predicted octanol–water partition coefficient (Wildman–Crippen LogP) is -4.89. The average molecular weight is 340 g/mol. The minimum Gasteiger partial charge on any atom is -0.693 e. The van der Waals surface area contributed by atoms with Crippen LogP contribution < -0.4 is 0 Å². The smallest absolute Gasteiger partial charge is 0.394 e. The zero-order valence-corrected chi connectivity index (χ0v) is 9.19. The van der Waals surface area contributed by atoms with E-state index in [1.807, 2.05) is 0 Å². The molecule has 0 saturated carbocycles. The van der Waals surface area contributed by atoms with E-state index in [0.717, 1.165) is 0 Å². The first-order valence-corrected chi connectivity index (χ1v) is 2.10. The van der Waals surface area contributed by atoms with Crippen molar-refractivity contribution >= 4 is 10.4 Å². The van der Waals surface area contributed by atoms with E-state index in [2.05, 4.69) is 0 Å². The Labute approximate surface area is 100 Å². The van der Waals surface area contributed by atoms with Crippen molar-refractivity contribution < 1.29 is 83.7 Å². The van der Waals surface area contributed by atoms with Gasteiger partial charge in [0.05, 0.1) is 0 Å². The number of hydrogen-bond acceptors (Lipinski definition) is 2. The molecule has 16 N–H and O–H groups in total. The van der Waals surface area contributed by atoms with Gasteiger partial charge < -0.3 is 39.0 Å². The number of hydrogen-bond donors (Lipinski definition) is 2. The maximum absolute atomic E-state index is 8.74. The average Bonchev–Trinajstić information content (AvgIpc) is 0.722. The van der Waals surface area contributed by atoms with Crippen molar-refractivity contribution in [1.29, 1.82) is 0 Å². The van der Waals surface area contributed by atoms with Crippen molar-refractivity contribution in [2.24, 2.45) is 0 Å². The molecule has 0 bridgehead atoms. The first-order valence-electron chi connectivity index (χ1n) is 0.698. The molecule has 0 atom stereocenters. The minimum absolute atomic E-state index is 0. The van der Waals surface area contributed by atoms with Crippen molar-refractivity contribution in [2.75, 3.05) is 0 Å². The van der Waals surface area contributed by atoms with E-state index in [1.54, 1.807) is 0 Å². The van der Waals surface area contributed by atoms with Crippen LogP contribution in [-0.4, -0.2) is 50.4 Å². The SMILES string of the molecule is O.O.O.O.O.O.O=S(=O)(O)O.[Co].[NH2-].[Ni]. The van der Waals surface area contributed by atoms with E-state index in [4.69, 9.17) is 17.5 Å². The van der Waals surface area contributed by atoms with Gasteiger partial charge in [0.1, 0.15) is 0 Å². The van der Waals surface area contributed by atoms with Crippen LogP contribution in [0.4, 0.5) is 0 Å². The summed E-state index contributed by atoms with van der Waals surface area (Å²) in [5.74, 6) is 0. The summed E-state index contributed by atoms with van der Waals surface area (Å²) < 4.78 is 31.6. The number of rotatable bonds is 0. The molecule has 0 saturated heterocycles. The van der Waals surface area contributed by atoms with E-state index in [1.165, 1.54) is 0 Å². The molecular weight excluding hydrogens is 324 g/mol. The molecule has 0 aromatic carbocycles. The van der Waals surface area contributed by atoms with E-state index in [-0.39, 0.29) is 72.3 Å². The molecule has 0 aliphatic heterocycles. The monoisotopic (exact) mass is 339 g/mol. The fourth-order valence-corrected chi connectivity index (χ4v) is 0. The Balaban J connectivity index is -0.00000000222. The van der Waals surface area contributed by atoms with Crippen molar-refractivity contribution in [3.63, 3.8) is 0 Å². The summed E-state index contributed by atoms with van der Waals surface area (Å²) >= 11 is 0. The molecule has 0 amide bonds. The van der Waals surface area contributed by atoms with Crippen LogP contribution in [0.2, 0.25) is 0 Å². The van der Waals surface area contributed by atoms with Gasteiger partial charge in [-0.05, 0) is 0 Å². The van der Waals surface area contributed by atoms with Gasteiger partial charge in [-0.2, -0.15) is 8.42 Å². The van der Waals surface area contributed by atoms with Crippen LogP contribution in [0.25, 0.3) is 6.15 Å². The summed E-state index contributed by atoms with van der Waals surface area (Å²) in [6.45, 7) is 0. The Morgan fingerprint density at radius 1 is 0.714 bits per heavy atom. The topological polar surface area (TPSA) is 297 Å². The summed E-state index contributed by atoms with van der Waals surface area (Å²) in [4.78, 5) is 0. The standard InChI is InChI=1S/Co.H2N.Ni.H2O4S.6H2O/c;;;1-5(2,3)4;;;;;;/h;1H2;;(H2,1,2,3,4);6*1H2/q;-1;;;;;;;;. The van der Waals surface area contributed by atoms with Crippen LogP contribution in [0.15, 0.2) is 0 Å². The third-order valence-electron chi connectivity index (χ3n) is 0. The van der Waals surface area contributed by atoms with Crippen LogP contribution in [-0.2, 0) is 43.7 Å². The van der Waals surface area contributed by atoms with Gasteiger partial charge in [-0.15, -0.1) is 0 Å². The Kier molecular flexibility index (Phi) is 453. The van der Waals surface area contributed by atoms with Gasteiger partial charge in [0, 0.05) is 33.3 Å². The van der Waals surface area contributed by atoms with E-state index >= 15 is 0 Å². The van der Waals surface area contributed by atoms with Crippen LogP contribution in [0.1, 0.15) is 0 Å². The van der Waals surface area contributed by atoms with Crippen molar-refractivity contribution in [3.8, 4) is 0 Å². The van der Waals surface area contributed by atoms with Gasteiger partial charge in [0.2, 0.25) is 0 Å². The van der Waals surface area contributed by atoms with Crippen molar-refractivity contribution in [3.05, 3.63) is 6.15 Å². The van der Waals surface area contributed by atoms with Gasteiger partial charge >= 0.3 is 10.4 Å². The molecule has 0 heterocycles. The second-order valence-electron chi connectivity index (χ2n) is 0.448. The second-order valence-corrected chi connectivity index (χ2v) is 1.34. The van der Waals surface area contributed by atoms with Gasteiger partial charge in [-0.25, -0.2) is 0 Å². The van der Waals surface area contributed by atoms with Gasteiger partial charge in [-0.1, -0.05) is 0 Å². The zero-order valence-electron chi connectivity index (χ0n) is 6.35. The van der Waals surface area contributed by atoms with E-state index in [0.29, 0.717) is 0 Å². The Morgan fingerprint density at radius 3 is 0.714 bits per heavy atom. The summed E-state index contributed by atoms with van der Waals surface area (Å²) in [6, 6.07) is 0. The Hall–Kier alpha value is 0.590. The summed E-state index contributed by atoms with van der Waals surface area (Å²) in [7, 11) is -4.67. The number of nitrogens with two attached hydrogens (primary N) is 1. The fourth-order valence-electron chi connectivity index (χ4n) is 0. The Morgan fingerprint density at radius 2 is 0.714 bits per heavy atom. The third kappa shape index (κ3) is 4860. The summed E-state index contributed by atoms with van der Waals surface area (Å²) in [5.41, 5.74) is 0. The summed E-state index contributed by atoms with van der Waals surface area (Å²) in [5, 5.41) is 0. The van der Waals surface area contributed by atoms with Gasteiger partial charge in [0.25, 0.3) is 0 Å².